The van der Waals surface area contributed by atoms with Gasteiger partial charge in [-0.3, -0.25) is 4.79 Å². The Labute approximate surface area is 164 Å². The molecule has 0 radical (unpaired) electrons. The van der Waals surface area contributed by atoms with E-state index in [-0.39, 0.29) is 11.8 Å². The molecule has 0 saturated heterocycles. The zero-order valence-corrected chi connectivity index (χ0v) is 16.1. The van der Waals surface area contributed by atoms with Crippen molar-refractivity contribution < 1.29 is 4.79 Å². The van der Waals surface area contributed by atoms with Gasteiger partial charge in [0.25, 0.3) is 0 Å². The summed E-state index contributed by atoms with van der Waals surface area (Å²) >= 11 is 0. The van der Waals surface area contributed by atoms with Gasteiger partial charge in [0.05, 0.1) is 5.92 Å². The molecule has 144 valence electrons. The molecule has 0 fully saturated rings. The second kappa shape index (κ2) is 9.03. The van der Waals surface area contributed by atoms with Gasteiger partial charge in [0.2, 0.25) is 11.7 Å². The summed E-state index contributed by atoms with van der Waals surface area (Å²) in [5.74, 6) is 0.854. The number of rotatable bonds is 7. The number of nitrogen functional groups attached to an aromatic ring is 1. The highest BCUT2D eigenvalue weighted by molar-refractivity contribution is 5.83. The summed E-state index contributed by atoms with van der Waals surface area (Å²) < 4.78 is 0. The van der Waals surface area contributed by atoms with Gasteiger partial charge in [-0.05, 0) is 36.6 Å². The minimum Gasteiger partial charge on any atom is -0.399 e. The Hall–Kier alpha value is -3.35. The molecule has 7 heteroatoms. The Kier molecular flexibility index (Phi) is 6.26. The minimum atomic E-state index is -0.178. The van der Waals surface area contributed by atoms with E-state index in [0.29, 0.717) is 23.9 Å². The van der Waals surface area contributed by atoms with Crippen LogP contribution < -0.4 is 11.1 Å². The van der Waals surface area contributed by atoms with E-state index in [1.54, 1.807) is 6.92 Å². The number of hydrogen-bond acceptors (Lipinski definition) is 6. The van der Waals surface area contributed by atoms with Gasteiger partial charge in [-0.25, -0.2) is 0 Å². The van der Waals surface area contributed by atoms with E-state index in [4.69, 9.17) is 5.73 Å². The predicted molar refractivity (Wildman–Crippen MR) is 108 cm³/mol. The number of anilines is 1. The maximum Gasteiger partial charge on any atom is 0.227 e. The maximum absolute atomic E-state index is 12.7. The number of nitrogens with two attached hydrogens (primary N) is 1. The summed E-state index contributed by atoms with van der Waals surface area (Å²) in [6.07, 6.45) is 1.72. The zero-order valence-electron chi connectivity index (χ0n) is 16.1. The molecule has 28 heavy (non-hydrogen) atoms. The van der Waals surface area contributed by atoms with Gasteiger partial charge < -0.3 is 11.1 Å². The fourth-order valence-electron chi connectivity index (χ4n) is 2.95. The van der Waals surface area contributed by atoms with Crippen LogP contribution in [-0.4, -0.2) is 26.3 Å². The van der Waals surface area contributed by atoms with E-state index in [9.17, 15) is 4.79 Å². The largest absolute Gasteiger partial charge is 0.399 e. The van der Waals surface area contributed by atoms with Gasteiger partial charge in [-0.1, -0.05) is 49.7 Å². The summed E-state index contributed by atoms with van der Waals surface area (Å²) in [6.45, 7) is 4.28. The van der Waals surface area contributed by atoms with Gasteiger partial charge in [0, 0.05) is 17.8 Å². The Morgan fingerprint density at radius 2 is 1.64 bits per heavy atom. The second-order valence-electron chi connectivity index (χ2n) is 6.69. The highest BCUT2D eigenvalue weighted by Crippen LogP contribution is 2.23. The van der Waals surface area contributed by atoms with E-state index < -0.39 is 0 Å². The van der Waals surface area contributed by atoms with Crippen LogP contribution >= 0.6 is 0 Å². The topological polar surface area (TPSA) is 107 Å². The van der Waals surface area contributed by atoms with Crippen molar-refractivity contribution in [3.05, 3.63) is 65.5 Å². The van der Waals surface area contributed by atoms with Crippen LogP contribution in [0, 0.1) is 6.92 Å². The Morgan fingerprint density at radius 1 is 1.00 bits per heavy atom. The third kappa shape index (κ3) is 4.88. The van der Waals surface area contributed by atoms with Crippen LogP contribution in [0.4, 0.5) is 5.69 Å². The smallest absolute Gasteiger partial charge is 0.227 e. The highest BCUT2D eigenvalue weighted by Gasteiger charge is 2.19. The Morgan fingerprint density at radius 3 is 2.25 bits per heavy atom. The number of amides is 1. The molecule has 1 heterocycles. The predicted octanol–water partition coefficient (Wildman–Crippen LogP) is 3.02. The molecule has 1 atom stereocenters. The minimum absolute atomic E-state index is 0.0194. The van der Waals surface area contributed by atoms with E-state index in [0.717, 1.165) is 29.5 Å². The summed E-state index contributed by atoms with van der Waals surface area (Å²) in [4.78, 5) is 12.7. The van der Waals surface area contributed by atoms with Gasteiger partial charge in [0.1, 0.15) is 0 Å². The van der Waals surface area contributed by atoms with Crippen LogP contribution in [0.1, 0.15) is 42.6 Å². The lowest BCUT2D eigenvalue weighted by Gasteiger charge is -2.17. The van der Waals surface area contributed by atoms with Crippen molar-refractivity contribution in [2.75, 3.05) is 5.73 Å². The molecule has 2 aromatic carbocycles. The zero-order chi connectivity index (χ0) is 19.9. The van der Waals surface area contributed by atoms with E-state index >= 15 is 0 Å². The third-order valence-electron chi connectivity index (χ3n) is 4.49. The summed E-state index contributed by atoms with van der Waals surface area (Å²) in [5, 5.41) is 18.9. The molecular weight excluding hydrogens is 352 g/mol. The third-order valence-corrected chi connectivity index (χ3v) is 4.49. The van der Waals surface area contributed by atoms with Gasteiger partial charge in [0.15, 0.2) is 5.82 Å². The van der Waals surface area contributed by atoms with E-state index in [1.807, 2.05) is 48.5 Å². The lowest BCUT2D eigenvalue weighted by molar-refractivity contribution is -0.122. The van der Waals surface area contributed by atoms with E-state index in [1.165, 1.54) is 0 Å². The monoisotopic (exact) mass is 376 g/mol. The van der Waals surface area contributed by atoms with Crippen LogP contribution in [0.25, 0.3) is 11.4 Å². The van der Waals surface area contributed by atoms with E-state index in [2.05, 4.69) is 32.6 Å². The molecule has 3 rings (SSSR count). The fourth-order valence-corrected chi connectivity index (χ4v) is 2.95. The van der Waals surface area contributed by atoms with Gasteiger partial charge in [-0.2, -0.15) is 0 Å². The molecule has 0 bridgehead atoms. The first-order valence-electron chi connectivity index (χ1n) is 9.33. The van der Waals surface area contributed by atoms with Crippen LogP contribution in [0.3, 0.4) is 0 Å². The van der Waals surface area contributed by atoms with Crippen LogP contribution in [0.5, 0.6) is 0 Å². The molecule has 0 aliphatic carbocycles. The van der Waals surface area contributed by atoms with Crippen molar-refractivity contribution in [2.45, 2.75) is 39.2 Å². The quantitative estimate of drug-likeness (QED) is 0.614. The van der Waals surface area contributed by atoms with Crippen LogP contribution in [0.15, 0.2) is 48.5 Å². The van der Waals surface area contributed by atoms with Crippen molar-refractivity contribution in [3.8, 4) is 11.4 Å². The molecular formula is C21H24N6O. The molecule has 0 saturated carbocycles. The number of aryl methyl sites for hydroxylation is 1. The maximum atomic E-state index is 12.7. The van der Waals surface area contributed by atoms with Gasteiger partial charge in [-0.15, -0.1) is 20.4 Å². The van der Waals surface area contributed by atoms with Crippen molar-refractivity contribution in [1.29, 1.82) is 0 Å². The molecule has 0 aliphatic heterocycles. The Bertz CT molecular complexity index is 907. The van der Waals surface area contributed by atoms with Crippen molar-refractivity contribution in [2.24, 2.45) is 0 Å². The SMILES string of the molecule is CCCC(C(=O)NCc1ccc(-c2nnc(C)nn2)cc1)c1ccc(N)cc1. The lowest BCUT2D eigenvalue weighted by atomic mass is 9.93. The average Bonchev–Trinajstić information content (AvgIpc) is 2.72. The summed E-state index contributed by atoms with van der Waals surface area (Å²) in [7, 11) is 0. The average molecular weight is 376 g/mol. The summed E-state index contributed by atoms with van der Waals surface area (Å²) in [5.41, 5.74) is 9.27. The first kappa shape index (κ1) is 19.4. The first-order valence-corrected chi connectivity index (χ1v) is 9.33. The lowest BCUT2D eigenvalue weighted by Crippen LogP contribution is -2.29. The van der Waals surface area contributed by atoms with Crippen molar-refractivity contribution in [1.82, 2.24) is 25.7 Å². The molecule has 3 aromatic rings. The normalized spacial score (nSPS) is 11.8. The number of nitrogens with one attached hydrogen (secondary N) is 1. The number of aromatic nitrogens is 4. The standard InChI is InChI=1S/C21H24N6O/c1-3-4-19(16-9-11-18(22)12-10-16)21(28)23-13-15-5-7-17(8-6-15)20-26-24-14(2)25-27-20/h5-12,19H,3-4,13,22H2,1-2H3,(H,23,28). The molecule has 0 spiro atoms. The molecule has 3 N–H and O–H groups in total. The second-order valence-corrected chi connectivity index (χ2v) is 6.69. The summed E-state index contributed by atoms with van der Waals surface area (Å²) in [6, 6.07) is 15.2. The van der Waals surface area contributed by atoms with Crippen LogP contribution in [-0.2, 0) is 11.3 Å². The number of carbonyl (C=O) groups is 1. The molecule has 1 aromatic heterocycles. The van der Waals surface area contributed by atoms with Gasteiger partial charge >= 0.3 is 0 Å². The highest BCUT2D eigenvalue weighted by atomic mass is 16.1. The number of hydrogen-bond donors (Lipinski definition) is 2. The molecule has 1 amide bonds. The molecule has 7 nitrogen and oxygen atoms in total. The van der Waals surface area contributed by atoms with Crippen LogP contribution in [0.2, 0.25) is 0 Å². The van der Waals surface area contributed by atoms with Crippen molar-refractivity contribution in [3.63, 3.8) is 0 Å². The fraction of sp³-hybridized carbons (Fsp3) is 0.286. The number of nitrogens with zero attached hydrogens (tertiary/aromatic N) is 4. The van der Waals surface area contributed by atoms with Crippen molar-refractivity contribution >= 4 is 11.6 Å². The molecule has 1 unspecified atom stereocenters. The molecule has 0 aliphatic rings. The number of benzene rings is 2. The first-order chi connectivity index (χ1) is 13.6. The number of carbonyl (C=O) groups excluding carboxylic acids is 1. The Balaban J connectivity index is 1.64.